The van der Waals surface area contributed by atoms with Crippen LogP contribution in [-0.2, 0) is 16.0 Å². The van der Waals surface area contributed by atoms with Crippen LogP contribution in [0.15, 0.2) is 24.4 Å². The number of nitrogens with one attached hydrogen (secondary N) is 1. The lowest BCUT2D eigenvalue weighted by Crippen LogP contribution is -2.32. The highest BCUT2D eigenvalue weighted by atomic mass is 16.2. The SMILES string of the molecule is C[C@@H]1CN(C(=O)Cc2ccc3[nH]ncc3c2)C[C@H]1C(N)=O. The number of nitrogens with zero attached hydrogens (tertiary/aromatic N) is 2. The summed E-state index contributed by atoms with van der Waals surface area (Å²) in [4.78, 5) is 25.4. The summed E-state index contributed by atoms with van der Waals surface area (Å²) in [7, 11) is 0. The van der Waals surface area contributed by atoms with Crippen LogP contribution in [0, 0.1) is 11.8 Å². The van der Waals surface area contributed by atoms with Gasteiger partial charge in [-0.2, -0.15) is 5.10 Å². The molecule has 3 N–H and O–H groups in total. The molecule has 110 valence electrons. The van der Waals surface area contributed by atoms with Crippen molar-refractivity contribution in [3.05, 3.63) is 30.0 Å². The maximum atomic E-state index is 12.4. The second-order valence-electron chi connectivity index (χ2n) is 5.75. The minimum atomic E-state index is -0.322. The van der Waals surface area contributed by atoms with Gasteiger partial charge in [-0.25, -0.2) is 0 Å². The molecule has 1 aliphatic heterocycles. The Morgan fingerprint density at radius 2 is 2.24 bits per heavy atom. The molecule has 21 heavy (non-hydrogen) atoms. The quantitative estimate of drug-likeness (QED) is 0.869. The maximum absolute atomic E-state index is 12.4. The predicted molar refractivity (Wildman–Crippen MR) is 78.2 cm³/mol. The van der Waals surface area contributed by atoms with Crippen molar-refractivity contribution in [2.24, 2.45) is 17.6 Å². The van der Waals surface area contributed by atoms with Crippen molar-refractivity contribution >= 4 is 22.7 Å². The van der Waals surface area contributed by atoms with Gasteiger partial charge in [0.2, 0.25) is 11.8 Å². The van der Waals surface area contributed by atoms with Crippen molar-refractivity contribution in [2.75, 3.05) is 13.1 Å². The molecule has 0 radical (unpaired) electrons. The van der Waals surface area contributed by atoms with Crippen LogP contribution in [0.3, 0.4) is 0 Å². The van der Waals surface area contributed by atoms with Gasteiger partial charge in [-0.3, -0.25) is 14.7 Å². The fourth-order valence-electron chi connectivity index (χ4n) is 2.93. The van der Waals surface area contributed by atoms with Crippen LogP contribution in [-0.4, -0.2) is 40.0 Å². The van der Waals surface area contributed by atoms with Crippen LogP contribution >= 0.6 is 0 Å². The largest absolute Gasteiger partial charge is 0.369 e. The van der Waals surface area contributed by atoms with Gasteiger partial charge in [0.15, 0.2) is 0 Å². The number of hydrogen-bond donors (Lipinski definition) is 2. The second-order valence-corrected chi connectivity index (χ2v) is 5.75. The Kier molecular flexibility index (Phi) is 3.37. The Labute approximate surface area is 122 Å². The van der Waals surface area contributed by atoms with E-state index in [0.717, 1.165) is 16.5 Å². The van der Waals surface area contributed by atoms with Crippen molar-refractivity contribution in [3.63, 3.8) is 0 Å². The van der Waals surface area contributed by atoms with Crippen LogP contribution in [0.4, 0.5) is 0 Å². The summed E-state index contributed by atoms with van der Waals surface area (Å²) in [6.07, 6.45) is 2.07. The minimum absolute atomic E-state index is 0.0356. The van der Waals surface area contributed by atoms with E-state index in [4.69, 9.17) is 5.73 Å². The lowest BCUT2D eigenvalue weighted by atomic mass is 9.98. The molecular weight excluding hydrogens is 268 g/mol. The van der Waals surface area contributed by atoms with E-state index in [1.807, 2.05) is 25.1 Å². The minimum Gasteiger partial charge on any atom is -0.369 e. The van der Waals surface area contributed by atoms with Gasteiger partial charge in [0.25, 0.3) is 0 Å². The predicted octanol–water partition coefficient (Wildman–Crippen LogP) is 0.685. The van der Waals surface area contributed by atoms with Gasteiger partial charge < -0.3 is 10.6 Å². The number of amides is 2. The average molecular weight is 286 g/mol. The number of hydrogen-bond acceptors (Lipinski definition) is 3. The second kappa shape index (κ2) is 5.20. The summed E-state index contributed by atoms with van der Waals surface area (Å²) in [5.74, 6) is -0.390. The van der Waals surface area contributed by atoms with Crippen molar-refractivity contribution in [1.29, 1.82) is 0 Å². The first-order valence-electron chi connectivity index (χ1n) is 7.03. The molecule has 2 heterocycles. The number of aromatic amines is 1. The van der Waals surface area contributed by atoms with E-state index >= 15 is 0 Å². The standard InChI is InChI=1S/C15H18N4O2/c1-9-7-19(8-12(9)15(16)21)14(20)5-10-2-3-13-11(4-10)6-17-18-13/h2-4,6,9,12H,5,7-8H2,1H3,(H2,16,21)(H,17,18)/t9-,12-/m1/s1. The summed E-state index contributed by atoms with van der Waals surface area (Å²) in [5, 5.41) is 7.84. The number of likely N-dealkylation sites (tertiary alicyclic amines) is 1. The van der Waals surface area contributed by atoms with Gasteiger partial charge >= 0.3 is 0 Å². The van der Waals surface area contributed by atoms with Crippen LogP contribution in [0.1, 0.15) is 12.5 Å². The van der Waals surface area contributed by atoms with Gasteiger partial charge in [-0.05, 0) is 23.6 Å². The summed E-state index contributed by atoms with van der Waals surface area (Å²) in [5.41, 5.74) is 7.27. The first-order valence-corrected chi connectivity index (χ1v) is 7.03. The van der Waals surface area contributed by atoms with Gasteiger partial charge in [-0.15, -0.1) is 0 Å². The Balaban J connectivity index is 1.70. The molecule has 0 saturated carbocycles. The highest BCUT2D eigenvalue weighted by molar-refractivity contribution is 5.84. The van der Waals surface area contributed by atoms with Gasteiger partial charge in [0.1, 0.15) is 0 Å². The smallest absolute Gasteiger partial charge is 0.227 e. The first kappa shape index (κ1) is 13.6. The molecule has 3 rings (SSSR count). The van der Waals surface area contributed by atoms with Crippen molar-refractivity contribution < 1.29 is 9.59 Å². The van der Waals surface area contributed by atoms with Crippen molar-refractivity contribution in [2.45, 2.75) is 13.3 Å². The normalized spacial score (nSPS) is 21.9. The number of rotatable bonds is 3. The molecule has 2 amide bonds. The Hall–Kier alpha value is -2.37. The summed E-state index contributed by atoms with van der Waals surface area (Å²) < 4.78 is 0. The number of benzene rings is 1. The molecule has 0 bridgehead atoms. The molecular formula is C15H18N4O2. The average Bonchev–Trinajstić information content (AvgIpc) is 3.04. The highest BCUT2D eigenvalue weighted by Gasteiger charge is 2.35. The highest BCUT2D eigenvalue weighted by Crippen LogP contribution is 2.23. The molecule has 1 fully saturated rings. The number of nitrogens with two attached hydrogens (primary N) is 1. The number of carbonyl (C=O) groups is 2. The summed E-state index contributed by atoms with van der Waals surface area (Å²) in [6, 6.07) is 5.80. The van der Waals surface area contributed by atoms with Crippen molar-refractivity contribution in [3.8, 4) is 0 Å². The number of fused-ring (bicyclic) bond motifs is 1. The molecule has 0 spiro atoms. The fourth-order valence-corrected chi connectivity index (χ4v) is 2.93. The maximum Gasteiger partial charge on any atom is 0.227 e. The molecule has 2 atom stereocenters. The number of carbonyl (C=O) groups excluding carboxylic acids is 2. The lowest BCUT2D eigenvalue weighted by molar-refractivity contribution is -0.129. The number of primary amides is 1. The van der Waals surface area contributed by atoms with Gasteiger partial charge in [-0.1, -0.05) is 13.0 Å². The molecule has 2 aromatic rings. The summed E-state index contributed by atoms with van der Waals surface area (Å²) >= 11 is 0. The summed E-state index contributed by atoms with van der Waals surface area (Å²) in [6.45, 7) is 2.99. The van der Waals surface area contributed by atoms with Crippen LogP contribution in [0.2, 0.25) is 0 Å². The molecule has 1 aromatic carbocycles. The number of aromatic nitrogens is 2. The molecule has 1 aliphatic rings. The molecule has 6 heteroatoms. The number of H-pyrrole nitrogens is 1. The van der Waals surface area contributed by atoms with E-state index in [1.165, 1.54) is 0 Å². The molecule has 6 nitrogen and oxygen atoms in total. The van der Waals surface area contributed by atoms with E-state index in [-0.39, 0.29) is 23.7 Å². The topological polar surface area (TPSA) is 92.1 Å². The van der Waals surface area contributed by atoms with Crippen molar-refractivity contribution in [1.82, 2.24) is 15.1 Å². The Morgan fingerprint density at radius 3 is 2.95 bits per heavy atom. The van der Waals surface area contributed by atoms with E-state index in [9.17, 15) is 9.59 Å². The van der Waals surface area contributed by atoms with E-state index in [1.54, 1.807) is 11.1 Å². The van der Waals surface area contributed by atoms with Gasteiger partial charge in [0.05, 0.1) is 24.1 Å². The molecule has 0 aliphatic carbocycles. The fraction of sp³-hybridized carbons (Fsp3) is 0.400. The third-order valence-electron chi connectivity index (χ3n) is 4.19. The molecule has 1 aromatic heterocycles. The molecule has 1 saturated heterocycles. The zero-order valence-electron chi connectivity index (χ0n) is 11.9. The van der Waals surface area contributed by atoms with E-state index in [2.05, 4.69) is 10.2 Å². The van der Waals surface area contributed by atoms with E-state index < -0.39 is 0 Å². The lowest BCUT2D eigenvalue weighted by Gasteiger charge is -2.16. The van der Waals surface area contributed by atoms with Crippen LogP contribution in [0.25, 0.3) is 10.9 Å². The Bertz CT molecular complexity index is 694. The van der Waals surface area contributed by atoms with Crippen LogP contribution in [0.5, 0.6) is 0 Å². The van der Waals surface area contributed by atoms with E-state index in [0.29, 0.717) is 19.5 Å². The first-order chi connectivity index (χ1) is 10.0. The van der Waals surface area contributed by atoms with Gasteiger partial charge in [0, 0.05) is 18.5 Å². The zero-order chi connectivity index (χ0) is 15.0. The Morgan fingerprint density at radius 1 is 1.43 bits per heavy atom. The monoisotopic (exact) mass is 286 g/mol. The molecule has 0 unspecified atom stereocenters. The van der Waals surface area contributed by atoms with Crippen LogP contribution < -0.4 is 5.73 Å². The zero-order valence-corrected chi connectivity index (χ0v) is 11.9. The third kappa shape index (κ3) is 2.61. The third-order valence-corrected chi connectivity index (χ3v) is 4.19.